The molecule has 0 saturated carbocycles. The van der Waals surface area contributed by atoms with Crippen LogP contribution in [0.5, 0.6) is 0 Å². The summed E-state index contributed by atoms with van der Waals surface area (Å²) in [4.78, 5) is 29.6. The second kappa shape index (κ2) is 7.11. The molecule has 1 aromatic heterocycles. The minimum Gasteiger partial charge on any atom is -0.469 e. The molecule has 2 unspecified atom stereocenters. The summed E-state index contributed by atoms with van der Waals surface area (Å²) in [6, 6.07) is 8.08. The molecule has 3 rings (SSSR count). The molecule has 1 aliphatic heterocycles. The predicted octanol–water partition coefficient (Wildman–Crippen LogP) is 2.61. The first-order valence-electron chi connectivity index (χ1n) is 8.92. The highest BCUT2D eigenvalue weighted by Gasteiger charge is 2.48. The van der Waals surface area contributed by atoms with Gasteiger partial charge in [-0.25, -0.2) is 0 Å². The predicted molar refractivity (Wildman–Crippen MR) is 98.7 cm³/mol. The lowest BCUT2D eigenvalue weighted by Crippen LogP contribution is -2.45. The number of fused-ring (bicyclic) bond motifs is 3. The van der Waals surface area contributed by atoms with Crippen molar-refractivity contribution in [3.05, 3.63) is 35.5 Å². The van der Waals surface area contributed by atoms with Gasteiger partial charge in [0.1, 0.15) is 5.60 Å². The Bertz CT molecular complexity index is 826. The van der Waals surface area contributed by atoms with Crippen molar-refractivity contribution < 1.29 is 19.1 Å². The van der Waals surface area contributed by atoms with Crippen molar-refractivity contribution in [2.24, 2.45) is 5.92 Å². The van der Waals surface area contributed by atoms with E-state index in [2.05, 4.69) is 11.1 Å². The van der Waals surface area contributed by atoms with Gasteiger partial charge in [-0.15, -0.1) is 0 Å². The number of hydrogen-bond acceptors (Lipinski definition) is 4. The van der Waals surface area contributed by atoms with E-state index in [0.717, 1.165) is 23.0 Å². The molecule has 1 aromatic carbocycles. The zero-order chi connectivity index (χ0) is 18.9. The lowest BCUT2D eigenvalue weighted by atomic mass is 9.78. The smallest absolute Gasteiger partial charge is 0.311 e. The summed E-state index contributed by atoms with van der Waals surface area (Å²) in [5.41, 5.74) is 2.18. The number of H-pyrrole nitrogens is 1. The Morgan fingerprint density at radius 2 is 2.08 bits per heavy atom. The van der Waals surface area contributed by atoms with E-state index in [0.29, 0.717) is 19.4 Å². The van der Waals surface area contributed by atoms with Gasteiger partial charge in [-0.2, -0.15) is 0 Å². The quantitative estimate of drug-likeness (QED) is 0.834. The third-order valence-corrected chi connectivity index (χ3v) is 5.41. The molecule has 1 N–H and O–H groups in total. The molecule has 6 nitrogen and oxygen atoms in total. The second-order valence-corrected chi connectivity index (χ2v) is 7.05. The lowest BCUT2D eigenvalue weighted by molar-refractivity contribution is -0.167. The monoisotopic (exact) mass is 358 g/mol. The van der Waals surface area contributed by atoms with Crippen molar-refractivity contribution in [3.8, 4) is 0 Å². The molecule has 2 atom stereocenters. The van der Waals surface area contributed by atoms with Gasteiger partial charge in [-0.1, -0.05) is 18.2 Å². The average Bonchev–Trinajstić information content (AvgIpc) is 3.04. The summed E-state index contributed by atoms with van der Waals surface area (Å²) in [6.45, 7) is 2.32. The van der Waals surface area contributed by atoms with E-state index in [-0.39, 0.29) is 11.9 Å². The summed E-state index contributed by atoms with van der Waals surface area (Å²) in [5, 5.41) is 1.14. The van der Waals surface area contributed by atoms with Crippen LogP contribution in [-0.4, -0.2) is 49.6 Å². The van der Waals surface area contributed by atoms with Crippen molar-refractivity contribution in [1.82, 2.24) is 9.88 Å². The van der Waals surface area contributed by atoms with Gasteiger partial charge >= 0.3 is 5.97 Å². The topological polar surface area (TPSA) is 71.6 Å². The third-order valence-electron chi connectivity index (χ3n) is 5.41. The fourth-order valence-electron chi connectivity index (χ4n) is 3.87. The average molecular weight is 358 g/mol. The Hall–Kier alpha value is -2.34. The van der Waals surface area contributed by atoms with E-state index >= 15 is 0 Å². The first-order chi connectivity index (χ1) is 12.4. The van der Waals surface area contributed by atoms with Crippen LogP contribution in [-0.2, 0) is 31.1 Å². The number of aromatic amines is 1. The Balaban J connectivity index is 2.10. The molecular weight excluding hydrogens is 332 g/mol. The van der Waals surface area contributed by atoms with Crippen LogP contribution >= 0.6 is 0 Å². The Kier molecular flexibility index (Phi) is 5.05. The lowest BCUT2D eigenvalue weighted by Gasteiger charge is -2.41. The number of aromatic nitrogens is 1. The van der Waals surface area contributed by atoms with Gasteiger partial charge in [0.05, 0.1) is 25.3 Å². The molecule has 140 valence electrons. The van der Waals surface area contributed by atoms with Crippen LogP contribution < -0.4 is 0 Å². The molecule has 1 amide bonds. The van der Waals surface area contributed by atoms with Crippen molar-refractivity contribution in [2.45, 2.75) is 31.8 Å². The number of para-hydroxylation sites is 1. The maximum atomic E-state index is 12.4. The number of amides is 1. The van der Waals surface area contributed by atoms with E-state index in [1.807, 2.05) is 25.1 Å². The number of esters is 1. The zero-order valence-corrected chi connectivity index (χ0v) is 15.8. The Labute approximate surface area is 153 Å². The highest BCUT2D eigenvalue weighted by molar-refractivity contribution is 5.86. The van der Waals surface area contributed by atoms with E-state index in [1.54, 1.807) is 19.0 Å². The number of rotatable bonds is 5. The van der Waals surface area contributed by atoms with Gasteiger partial charge in [0.25, 0.3) is 0 Å². The standard InChI is InChI=1S/C20H26N2O4/c1-13(19(24)25-4)20(11-9-17(23)22(2)3)18-15(10-12-26-20)14-7-5-6-8-16(14)21-18/h5-8,13,21H,9-12H2,1-4H3. The number of carbonyl (C=O) groups excluding carboxylic acids is 2. The van der Waals surface area contributed by atoms with E-state index in [4.69, 9.17) is 9.47 Å². The molecule has 0 fully saturated rings. The normalized spacial score (nSPS) is 20.5. The number of carbonyl (C=O) groups is 2. The number of hydrogen-bond donors (Lipinski definition) is 1. The number of methoxy groups -OCH3 is 1. The van der Waals surface area contributed by atoms with E-state index in [1.165, 1.54) is 12.7 Å². The minimum absolute atomic E-state index is 0.00766. The maximum Gasteiger partial charge on any atom is 0.311 e. The van der Waals surface area contributed by atoms with Gasteiger partial charge in [0, 0.05) is 31.4 Å². The molecule has 0 bridgehead atoms. The second-order valence-electron chi connectivity index (χ2n) is 7.05. The molecule has 0 saturated heterocycles. The first kappa shape index (κ1) is 18.5. The summed E-state index contributed by atoms with van der Waals surface area (Å²) in [7, 11) is 4.84. The van der Waals surface area contributed by atoms with Gasteiger partial charge in [-0.3, -0.25) is 9.59 Å². The summed E-state index contributed by atoms with van der Waals surface area (Å²) < 4.78 is 11.2. The van der Waals surface area contributed by atoms with E-state index < -0.39 is 11.5 Å². The van der Waals surface area contributed by atoms with Crippen LogP contribution in [0, 0.1) is 5.92 Å². The van der Waals surface area contributed by atoms with Crippen LogP contribution in [0.3, 0.4) is 0 Å². The molecular formula is C20H26N2O4. The molecule has 1 aliphatic rings. The molecule has 6 heteroatoms. The highest BCUT2D eigenvalue weighted by Crippen LogP contribution is 2.45. The summed E-state index contributed by atoms with van der Waals surface area (Å²) >= 11 is 0. The van der Waals surface area contributed by atoms with Crippen molar-refractivity contribution in [2.75, 3.05) is 27.8 Å². The SMILES string of the molecule is COC(=O)C(C)C1(CCC(=O)N(C)C)OCCc2c1[nH]c1ccccc21. The zero-order valence-electron chi connectivity index (χ0n) is 15.8. The third kappa shape index (κ3) is 2.98. The van der Waals surface area contributed by atoms with Crippen molar-refractivity contribution >= 4 is 22.8 Å². The van der Waals surface area contributed by atoms with Crippen LogP contribution in [0.4, 0.5) is 0 Å². The van der Waals surface area contributed by atoms with Crippen molar-refractivity contribution in [1.29, 1.82) is 0 Å². The first-order valence-corrected chi connectivity index (χ1v) is 8.92. The van der Waals surface area contributed by atoms with Crippen LogP contribution in [0.2, 0.25) is 0 Å². The van der Waals surface area contributed by atoms with E-state index in [9.17, 15) is 9.59 Å². The van der Waals surface area contributed by atoms with Crippen LogP contribution in [0.1, 0.15) is 31.0 Å². The minimum atomic E-state index is -0.897. The number of benzene rings is 1. The summed E-state index contributed by atoms with van der Waals surface area (Å²) in [6.07, 6.45) is 1.49. The molecule has 2 aromatic rings. The van der Waals surface area contributed by atoms with Gasteiger partial charge in [0.15, 0.2) is 0 Å². The number of nitrogens with zero attached hydrogens (tertiary/aromatic N) is 1. The molecule has 26 heavy (non-hydrogen) atoms. The van der Waals surface area contributed by atoms with Crippen molar-refractivity contribution in [3.63, 3.8) is 0 Å². The highest BCUT2D eigenvalue weighted by atomic mass is 16.5. The fourth-order valence-corrected chi connectivity index (χ4v) is 3.87. The van der Waals surface area contributed by atoms with Gasteiger partial charge in [0.2, 0.25) is 5.91 Å². The molecule has 0 spiro atoms. The largest absolute Gasteiger partial charge is 0.469 e. The van der Waals surface area contributed by atoms with Gasteiger partial charge < -0.3 is 19.4 Å². The molecule has 2 heterocycles. The fraction of sp³-hybridized carbons (Fsp3) is 0.500. The Morgan fingerprint density at radius 3 is 2.77 bits per heavy atom. The van der Waals surface area contributed by atoms with Gasteiger partial charge in [-0.05, 0) is 31.4 Å². The maximum absolute atomic E-state index is 12.4. The van der Waals surface area contributed by atoms with Crippen LogP contribution in [0.15, 0.2) is 24.3 Å². The molecule has 0 aliphatic carbocycles. The summed E-state index contributed by atoms with van der Waals surface area (Å²) in [5.74, 6) is -0.864. The number of nitrogens with one attached hydrogen (secondary N) is 1. The molecule has 0 radical (unpaired) electrons. The van der Waals surface area contributed by atoms with Crippen LogP contribution in [0.25, 0.3) is 10.9 Å². The number of ether oxygens (including phenoxy) is 2. The Morgan fingerprint density at radius 1 is 1.35 bits per heavy atom.